The Balaban J connectivity index is 1.34. The van der Waals surface area contributed by atoms with Crippen molar-refractivity contribution in [2.45, 2.75) is 110 Å². The van der Waals surface area contributed by atoms with Crippen LogP contribution < -0.4 is 0 Å². The Morgan fingerprint density at radius 2 is 1.50 bits per heavy atom. The van der Waals surface area contributed by atoms with E-state index in [0.717, 1.165) is 31.3 Å². The van der Waals surface area contributed by atoms with Crippen LogP contribution in [0.2, 0.25) is 0 Å². The van der Waals surface area contributed by atoms with Gasteiger partial charge in [0, 0.05) is 0 Å². The van der Waals surface area contributed by atoms with Gasteiger partial charge >= 0.3 is 5.97 Å². The van der Waals surface area contributed by atoms with Gasteiger partial charge in [-0.15, -0.1) is 0 Å². The van der Waals surface area contributed by atoms with E-state index >= 15 is 0 Å². The number of allylic oxidation sites excluding steroid dienone is 1. The molecule has 160 valence electrons. The van der Waals surface area contributed by atoms with Crippen LogP contribution in [-0.2, 0) is 14.3 Å². The molecule has 0 aromatic rings. The van der Waals surface area contributed by atoms with E-state index in [1.54, 1.807) is 0 Å². The Labute approximate surface area is 172 Å². The minimum absolute atomic E-state index is 0.0950. The molecule has 0 aromatic carbocycles. The Morgan fingerprint density at radius 3 is 2.11 bits per heavy atom. The Hall–Kier alpha value is -0.830. The molecule has 0 saturated heterocycles. The molecule has 3 heteroatoms. The lowest BCUT2D eigenvalue weighted by atomic mass is 9.70. The molecule has 0 N–H and O–H groups in total. The zero-order valence-electron chi connectivity index (χ0n) is 18.2. The molecule has 0 amide bonds. The third kappa shape index (κ3) is 6.34. The molecule has 1 atom stereocenters. The van der Waals surface area contributed by atoms with Crippen LogP contribution in [0.1, 0.15) is 97.3 Å². The summed E-state index contributed by atoms with van der Waals surface area (Å²) in [5, 5.41) is 0. The van der Waals surface area contributed by atoms with Gasteiger partial charge < -0.3 is 9.47 Å². The van der Waals surface area contributed by atoms with Crippen molar-refractivity contribution in [1.29, 1.82) is 0 Å². The number of hydrogen-bond donors (Lipinski definition) is 0. The van der Waals surface area contributed by atoms with Gasteiger partial charge in [0.05, 0.1) is 18.6 Å². The first-order valence-corrected chi connectivity index (χ1v) is 12.1. The van der Waals surface area contributed by atoms with Crippen LogP contribution in [0.5, 0.6) is 0 Å². The molecule has 3 rings (SSSR count). The van der Waals surface area contributed by atoms with Crippen LogP contribution in [-0.4, -0.2) is 24.8 Å². The highest BCUT2D eigenvalue weighted by molar-refractivity contribution is 5.72. The summed E-state index contributed by atoms with van der Waals surface area (Å²) in [7, 11) is 0. The van der Waals surface area contributed by atoms with Gasteiger partial charge in [0.25, 0.3) is 0 Å². The van der Waals surface area contributed by atoms with Crippen LogP contribution in [0.15, 0.2) is 12.2 Å². The number of esters is 1. The number of rotatable bonds is 7. The van der Waals surface area contributed by atoms with Crippen molar-refractivity contribution in [1.82, 2.24) is 0 Å². The van der Waals surface area contributed by atoms with Crippen molar-refractivity contribution < 1.29 is 14.3 Å². The van der Waals surface area contributed by atoms with Gasteiger partial charge in [-0.1, -0.05) is 31.4 Å². The first-order chi connectivity index (χ1) is 13.7. The average Bonchev–Trinajstić information content (AvgIpc) is 2.75. The molecule has 0 heterocycles. The second-order valence-corrected chi connectivity index (χ2v) is 9.59. The summed E-state index contributed by atoms with van der Waals surface area (Å²) in [4.78, 5) is 12.7. The van der Waals surface area contributed by atoms with Crippen LogP contribution in [0, 0.1) is 23.7 Å². The molecule has 3 aliphatic rings. The summed E-state index contributed by atoms with van der Waals surface area (Å²) < 4.78 is 11.9. The van der Waals surface area contributed by atoms with E-state index in [9.17, 15) is 4.79 Å². The quantitative estimate of drug-likeness (QED) is 0.370. The molecule has 0 spiro atoms. The summed E-state index contributed by atoms with van der Waals surface area (Å²) >= 11 is 0. The molecule has 1 unspecified atom stereocenters. The Bertz CT molecular complexity index is 478. The van der Waals surface area contributed by atoms with Gasteiger partial charge in [-0.3, -0.25) is 4.79 Å². The maximum absolute atomic E-state index is 12.7. The summed E-state index contributed by atoms with van der Waals surface area (Å²) in [5.74, 6) is 2.51. The molecule has 0 radical (unpaired) electrons. The van der Waals surface area contributed by atoms with Crippen LogP contribution in [0.25, 0.3) is 0 Å². The highest BCUT2D eigenvalue weighted by Crippen LogP contribution is 2.41. The maximum atomic E-state index is 12.7. The van der Waals surface area contributed by atoms with Gasteiger partial charge in [-0.25, -0.2) is 0 Å². The van der Waals surface area contributed by atoms with Gasteiger partial charge in [-0.2, -0.15) is 0 Å². The van der Waals surface area contributed by atoms with E-state index in [0.29, 0.717) is 12.0 Å². The monoisotopic (exact) mass is 390 g/mol. The highest BCUT2D eigenvalue weighted by atomic mass is 16.5. The number of ether oxygens (including phenoxy) is 2. The minimum atomic E-state index is 0.0950. The van der Waals surface area contributed by atoms with E-state index in [4.69, 9.17) is 9.47 Å². The largest absolute Gasteiger partial charge is 0.462 e. The lowest BCUT2D eigenvalue weighted by molar-refractivity contribution is -0.158. The van der Waals surface area contributed by atoms with Gasteiger partial charge in [-0.05, 0) is 95.8 Å². The smallest absolute Gasteiger partial charge is 0.309 e. The second-order valence-electron chi connectivity index (χ2n) is 9.59. The number of carbonyl (C=O) groups excluding carboxylic acids is 1. The molecular formula is C25H42O3. The third-order valence-electron chi connectivity index (χ3n) is 7.77. The predicted molar refractivity (Wildman–Crippen MR) is 114 cm³/mol. The number of carbonyl (C=O) groups is 1. The van der Waals surface area contributed by atoms with Crippen molar-refractivity contribution >= 4 is 5.97 Å². The Morgan fingerprint density at radius 1 is 0.893 bits per heavy atom. The fourth-order valence-electron chi connectivity index (χ4n) is 5.82. The van der Waals surface area contributed by atoms with Crippen molar-refractivity contribution in [3.8, 4) is 0 Å². The number of hydrogen-bond acceptors (Lipinski definition) is 3. The van der Waals surface area contributed by atoms with Gasteiger partial charge in [0.2, 0.25) is 0 Å². The van der Waals surface area contributed by atoms with E-state index in [1.165, 1.54) is 70.6 Å². The topological polar surface area (TPSA) is 35.5 Å². The summed E-state index contributed by atoms with van der Waals surface area (Å²) in [5.41, 5.74) is 0. The van der Waals surface area contributed by atoms with Crippen LogP contribution in [0.3, 0.4) is 0 Å². The minimum Gasteiger partial charge on any atom is -0.462 e. The maximum Gasteiger partial charge on any atom is 0.309 e. The Kier molecular flexibility index (Phi) is 8.89. The van der Waals surface area contributed by atoms with Crippen molar-refractivity contribution in [3.63, 3.8) is 0 Å². The van der Waals surface area contributed by atoms with Crippen LogP contribution in [0.4, 0.5) is 0 Å². The van der Waals surface area contributed by atoms with Crippen LogP contribution >= 0.6 is 0 Å². The molecular weight excluding hydrogens is 348 g/mol. The molecule has 3 nitrogen and oxygen atoms in total. The predicted octanol–water partition coefficient (Wildman–Crippen LogP) is 6.46. The van der Waals surface area contributed by atoms with Crippen molar-refractivity contribution in [2.75, 3.05) is 6.61 Å². The molecule has 0 aromatic heterocycles. The SMILES string of the molecule is C/C=C/COC1CCC(C2CCC(C(=O)OC(C)C3CCCCC3)CC2)CC1. The lowest BCUT2D eigenvalue weighted by Crippen LogP contribution is -2.33. The fourth-order valence-corrected chi connectivity index (χ4v) is 5.82. The van der Waals surface area contributed by atoms with Gasteiger partial charge in [0.15, 0.2) is 0 Å². The molecule has 0 bridgehead atoms. The van der Waals surface area contributed by atoms with E-state index in [2.05, 4.69) is 19.1 Å². The van der Waals surface area contributed by atoms with Crippen molar-refractivity contribution in [3.05, 3.63) is 12.2 Å². The van der Waals surface area contributed by atoms with Gasteiger partial charge in [0.1, 0.15) is 6.10 Å². The fraction of sp³-hybridized carbons (Fsp3) is 0.880. The zero-order chi connectivity index (χ0) is 19.8. The third-order valence-corrected chi connectivity index (χ3v) is 7.77. The van der Waals surface area contributed by atoms with E-state index in [-0.39, 0.29) is 18.0 Å². The second kappa shape index (κ2) is 11.4. The normalized spacial score (nSPS) is 33.6. The molecule has 0 aliphatic heterocycles. The van der Waals surface area contributed by atoms with Crippen molar-refractivity contribution in [2.24, 2.45) is 23.7 Å². The lowest BCUT2D eigenvalue weighted by Gasteiger charge is -2.37. The summed E-state index contributed by atoms with van der Waals surface area (Å²) in [6.45, 7) is 4.93. The molecule has 3 saturated carbocycles. The highest BCUT2D eigenvalue weighted by Gasteiger charge is 2.34. The standard InChI is InChI=1S/C25H42O3/c1-3-4-18-27-24-16-14-22(15-17-24)21-10-12-23(13-11-21)25(26)28-19(2)20-8-6-5-7-9-20/h3-4,19-24H,5-18H2,1-2H3/b4-3+. The molecule has 3 fully saturated rings. The van der Waals surface area contributed by atoms with E-state index < -0.39 is 0 Å². The summed E-state index contributed by atoms with van der Waals surface area (Å²) in [6.07, 6.45) is 20.7. The van der Waals surface area contributed by atoms with E-state index in [1.807, 2.05) is 6.92 Å². The molecule has 3 aliphatic carbocycles. The zero-order valence-corrected chi connectivity index (χ0v) is 18.2. The average molecular weight is 391 g/mol. The summed E-state index contributed by atoms with van der Waals surface area (Å²) in [6, 6.07) is 0. The first-order valence-electron chi connectivity index (χ1n) is 12.1. The first kappa shape index (κ1) is 21.9. The molecule has 28 heavy (non-hydrogen) atoms.